The summed E-state index contributed by atoms with van der Waals surface area (Å²) < 4.78 is 30.9. The Morgan fingerprint density at radius 1 is 1.10 bits per heavy atom. The highest BCUT2D eigenvalue weighted by atomic mass is 32.2. The lowest BCUT2D eigenvalue weighted by Gasteiger charge is -2.10. The van der Waals surface area contributed by atoms with Crippen molar-refractivity contribution in [2.24, 2.45) is 0 Å². The van der Waals surface area contributed by atoms with Crippen LogP contribution in [0.15, 0.2) is 83.3 Å². The number of nitriles is 1. The first-order valence-electron chi connectivity index (χ1n) is 11.2. The number of nitrogens with zero attached hydrogens (tertiary/aromatic N) is 4. The second-order valence-electron chi connectivity index (χ2n) is 8.09. The number of carbonyl (C=O) groups excluding carboxylic acids is 1. The molecule has 1 amide bonds. The first kappa shape index (κ1) is 27.1. The predicted octanol–water partition coefficient (Wildman–Crippen LogP) is 4.66. The van der Waals surface area contributed by atoms with Gasteiger partial charge >= 0.3 is 10.1 Å². The van der Waals surface area contributed by atoms with Crippen molar-refractivity contribution in [2.45, 2.75) is 18.2 Å². The maximum Gasteiger partial charge on any atom is 0.346 e. The molecule has 0 fully saturated rings. The molecule has 0 spiro atoms. The van der Waals surface area contributed by atoms with Gasteiger partial charge in [0.05, 0.1) is 4.92 Å². The van der Waals surface area contributed by atoms with Crippen LogP contribution in [-0.2, 0) is 21.3 Å². The predicted molar refractivity (Wildman–Crippen MR) is 143 cm³/mol. The van der Waals surface area contributed by atoms with Gasteiger partial charge in [-0.3, -0.25) is 20.2 Å². The molecule has 0 unspecified atom stereocenters. The summed E-state index contributed by atoms with van der Waals surface area (Å²) in [4.78, 5) is 22.6. The van der Waals surface area contributed by atoms with Crippen molar-refractivity contribution in [1.82, 2.24) is 10.2 Å². The van der Waals surface area contributed by atoms with Crippen molar-refractivity contribution < 1.29 is 22.3 Å². The van der Waals surface area contributed by atoms with Gasteiger partial charge in [0.2, 0.25) is 5.13 Å². The molecule has 0 saturated heterocycles. The number of rotatable bonds is 9. The lowest BCUT2D eigenvalue weighted by atomic mass is 10.1. The number of para-hydroxylation sites is 2. The Hall–Kier alpha value is -4.93. The van der Waals surface area contributed by atoms with E-state index in [1.165, 1.54) is 30.3 Å². The van der Waals surface area contributed by atoms with Gasteiger partial charge in [-0.2, -0.15) is 13.7 Å². The Balaban J connectivity index is 1.54. The third-order valence-electron chi connectivity index (χ3n) is 5.28. The molecule has 3 aromatic carbocycles. The first-order chi connectivity index (χ1) is 18.7. The van der Waals surface area contributed by atoms with Crippen molar-refractivity contribution in [1.29, 1.82) is 5.26 Å². The molecular weight excluding hydrogens is 542 g/mol. The average molecular weight is 562 g/mol. The van der Waals surface area contributed by atoms with Crippen LogP contribution < -0.4 is 9.50 Å². The summed E-state index contributed by atoms with van der Waals surface area (Å²) in [5.41, 5.74) is 1.24. The number of nitro benzene ring substituents is 1. The van der Waals surface area contributed by atoms with Crippen molar-refractivity contribution in [2.75, 3.05) is 5.32 Å². The van der Waals surface area contributed by atoms with E-state index in [0.717, 1.165) is 40.7 Å². The van der Waals surface area contributed by atoms with Crippen molar-refractivity contribution in [3.8, 4) is 11.8 Å². The monoisotopic (exact) mass is 561 g/mol. The van der Waals surface area contributed by atoms with Gasteiger partial charge < -0.3 is 4.18 Å². The largest absolute Gasteiger partial charge is 0.378 e. The van der Waals surface area contributed by atoms with E-state index in [1.807, 2.05) is 31.2 Å². The molecule has 13 heteroatoms. The van der Waals surface area contributed by atoms with Gasteiger partial charge in [-0.15, -0.1) is 10.2 Å². The summed E-state index contributed by atoms with van der Waals surface area (Å²) in [6, 6.07) is 20.2. The van der Waals surface area contributed by atoms with E-state index in [1.54, 1.807) is 12.1 Å². The zero-order chi connectivity index (χ0) is 28.0. The minimum atomic E-state index is -4.62. The lowest BCUT2D eigenvalue weighted by molar-refractivity contribution is -0.387. The van der Waals surface area contributed by atoms with Gasteiger partial charge in [-0.1, -0.05) is 71.5 Å². The summed E-state index contributed by atoms with van der Waals surface area (Å²) >= 11 is 1.16. The third-order valence-corrected chi connectivity index (χ3v) is 7.40. The maximum atomic E-state index is 12.9. The molecule has 1 N–H and O–H groups in total. The molecule has 0 aliphatic heterocycles. The van der Waals surface area contributed by atoms with Gasteiger partial charge in [-0.25, -0.2) is 0 Å². The Morgan fingerprint density at radius 2 is 1.79 bits per heavy atom. The summed E-state index contributed by atoms with van der Waals surface area (Å²) in [5.74, 6) is -1.01. The van der Waals surface area contributed by atoms with Crippen LogP contribution in [0.2, 0.25) is 0 Å². The lowest BCUT2D eigenvalue weighted by Crippen LogP contribution is -2.14. The van der Waals surface area contributed by atoms with Gasteiger partial charge in [-0.05, 0) is 30.7 Å². The molecule has 1 aromatic heterocycles. The molecule has 4 aromatic rings. The molecule has 4 rings (SSSR count). The molecule has 0 bridgehead atoms. The number of anilines is 1. The Kier molecular flexibility index (Phi) is 8.09. The number of nitrogens with one attached hydrogen (secondary N) is 1. The Morgan fingerprint density at radius 3 is 2.51 bits per heavy atom. The van der Waals surface area contributed by atoms with E-state index < -0.39 is 31.5 Å². The number of benzene rings is 3. The van der Waals surface area contributed by atoms with Gasteiger partial charge in [0.1, 0.15) is 22.4 Å². The van der Waals surface area contributed by atoms with Crippen molar-refractivity contribution >= 4 is 44.3 Å². The smallest absolute Gasteiger partial charge is 0.346 e. The second kappa shape index (κ2) is 11.6. The van der Waals surface area contributed by atoms with Gasteiger partial charge in [0.25, 0.3) is 11.6 Å². The SMILES string of the molecule is Cc1ccc(Cc2nnc(NC(=O)/C(C#N)=C/c3ccccc3OS(=O)(=O)c3ccccc3[N+](=O)[O-])s2)cc1. The fraction of sp³-hybridized carbons (Fsp3) is 0.0769. The number of aryl methyl sites for hydroxylation is 1. The van der Waals surface area contributed by atoms with E-state index >= 15 is 0 Å². The second-order valence-corrected chi connectivity index (χ2v) is 10.7. The zero-order valence-corrected chi connectivity index (χ0v) is 21.9. The van der Waals surface area contributed by atoms with E-state index in [-0.39, 0.29) is 22.0 Å². The standard InChI is InChI=1S/C26H19N5O6S2/c1-17-10-12-18(13-11-17)14-24-29-30-26(38-24)28-25(32)20(16-27)15-19-6-2-4-8-22(19)37-39(35,36)23-9-5-3-7-21(23)31(33)34/h2-13,15H,14H2,1H3,(H,28,30,32)/b20-15+. The number of hydrogen-bond donors (Lipinski definition) is 1. The van der Waals surface area contributed by atoms with Crippen LogP contribution in [0.4, 0.5) is 10.8 Å². The molecule has 196 valence electrons. The van der Waals surface area contributed by atoms with Gasteiger partial charge in [0, 0.05) is 18.1 Å². The maximum absolute atomic E-state index is 12.9. The fourth-order valence-electron chi connectivity index (χ4n) is 3.38. The molecule has 0 radical (unpaired) electrons. The molecule has 0 aliphatic rings. The number of amides is 1. The average Bonchev–Trinajstić information content (AvgIpc) is 3.35. The van der Waals surface area contributed by atoms with Crippen LogP contribution in [0.3, 0.4) is 0 Å². The zero-order valence-electron chi connectivity index (χ0n) is 20.3. The Bertz CT molecular complexity index is 1720. The van der Waals surface area contributed by atoms with Crippen LogP contribution in [0.25, 0.3) is 6.08 Å². The summed E-state index contributed by atoms with van der Waals surface area (Å²) in [7, 11) is -4.62. The van der Waals surface area contributed by atoms with E-state index in [2.05, 4.69) is 15.5 Å². The fourth-order valence-corrected chi connectivity index (χ4v) is 5.27. The van der Waals surface area contributed by atoms with Crippen molar-refractivity contribution in [3.05, 3.63) is 110 Å². The highest BCUT2D eigenvalue weighted by molar-refractivity contribution is 7.87. The normalized spacial score (nSPS) is 11.4. The van der Waals surface area contributed by atoms with Crippen LogP contribution in [0.5, 0.6) is 5.75 Å². The quantitative estimate of drug-likeness (QED) is 0.101. The van der Waals surface area contributed by atoms with E-state index in [4.69, 9.17) is 4.18 Å². The third kappa shape index (κ3) is 6.69. The van der Waals surface area contributed by atoms with E-state index in [9.17, 15) is 28.6 Å². The molecule has 0 atom stereocenters. The summed E-state index contributed by atoms with van der Waals surface area (Å²) in [5, 5.41) is 32.3. The number of aromatic nitrogens is 2. The molecule has 39 heavy (non-hydrogen) atoms. The molecule has 0 saturated carbocycles. The number of carbonyl (C=O) groups is 1. The van der Waals surface area contributed by atoms with E-state index in [0.29, 0.717) is 11.4 Å². The van der Waals surface area contributed by atoms with Crippen LogP contribution >= 0.6 is 11.3 Å². The van der Waals surface area contributed by atoms with Gasteiger partial charge in [0.15, 0.2) is 4.90 Å². The molecular formula is C26H19N5O6S2. The van der Waals surface area contributed by atoms with Crippen LogP contribution in [0.1, 0.15) is 21.7 Å². The summed E-state index contributed by atoms with van der Waals surface area (Å²) in [6.45, 7) is 1.99. The molecule has 0 aliphatic carbocycles. The Labute approximate surface area is 227 Å². The minimum Gasteiger partial charge on any atom is -0.378 e. The first-order valence-corrected chi connectivity index (χ1v) is 13.5. The van der Waals surface area contributed by atoms with Crippen molar-refractivity contribution in [3.63, 3.8) is 0 Å². The topological polar surface area (TPSA) is 165 Å². The minimum absolute atomic E-state index is 0.0867. The molecule has 1 heterocycles. The van der Waals surface area contributed by atoms with Crippen LogP contribution in [-0.4, -0.2) is 29.4 Å². The number of hydrogen-bond acceptors (Lipinski definition) is 10. The molecule has 11 nitrogen and oxygen atoms in total. The highest BCUT2D eigenvalue weighted by Gasteiger charge is 2.28. The van der Waals surface area contributed by atoms with Crippen LogP contribution in [0, 0.1) is 28.4 Å². The highest BCUT2D eigenvalue weighted by Crippen LogP contribution is 2.29. The summed E-state index contributed by atoms with van der Waals surface area (Å²) in [6.07, 6.45) is 1.67. The number of nitro groups is 1.